The first-order valence-corrected chi connectivity index (χ1v) is 8.51. The largest absolute Gasteiger partial charge is 0.481 e. The third-order valence-electron chi connectivity index (χ3n) is 4.08. The highest BCUT2D eigenvalue weighted by Gasteiger charge is 2.19. The number of aryl methyl sites for hydroxylation is 3. The number of amides is 1. The van der Waals surface area contributed by atoms with E-state index in [9.17, 15) is 4.79 Å². The van der Waals surface area contributed by atoms with Gasteiger partial charge >= 0.3 is 0 Å². The Balaban J connectivity index is 2.02. The van der Waals surface area contributed by atoms with E-state index < -0.39 is 6.10 Å². The molecule has 0 saturated carbocycles. The molecule has 0 aromatic heterocycles. The molecule has 3 heteroatoms. The van der Waals surface area contributed by atoms with Crippen molar-refractivity contribution in [2.45, 2.75) is 53.2 Å². The number of ether oxygens (including phenoxy) is 1. The monoisotopic (exact) mass is 325 g/mol. The summed E-state index contributed by atoms with van der Waals surface area (Å²) in [5, 5.41) is 3.09. The molecular weight excluding hydrogens is 298 g/mol. The van der Waals surface area contributed by atoms with E-state index in [1.165, 1.54) is 5.56 Å². The van der Waals surface area contributed by atoms with Crippen LogP contribution in [0.5, 0.6) is 5.75 Å². The second-order valence-corrected chi connectivity index (χ2v) is 6.46. The highest BCUT2D eigenvalue weighted by Crippen LogP contribution is 2.20. The fourth-order valence-electron chi connectivity index (χ4n) is 2.77. The van der Waals surface area contributed by atoms with Crippen LogP contribution >= 0.6 is 0 Å². The van der Waals surface area contributed by atoms with Gasteiger partial charge in [-0.2, -0.15) is 0 Å². The molecule has 0 aliphatic rings. The second-order valence-electron chi connectivity index (χ2n) is 6.46. The molecule has 0 spiro atoms. The van der Waals surface area contributed by atoms with Gasteiger partial charge in [0.1, 0.15) is 5.75 Å². The van der Waals surface area contributed by atoms with Crippen molar-refractivity contribution in [3.8, 4) is 5.75 Å². The Morgan fingerprint density at radius 2 is 1.58 bits per heavy atom. The van der Waals surface area contributed by atoms with Crippen LogP contribution in [0.1, 0.15) is 48.6 Å². The lowest BCUT2D eigenvalue weighted by atomic mass is 10.0. The summed E-state index contributed by atoms with van der Waals surface area (Å²) in [7, 11) is 0. The SMILES string of the molecule is CC[C@H](NC(=O)[C@H](C)Oc1cc(C)cc(C)c1)c1ccc(C)cc1. The van der Waals surface area contributed by atoms with Gasteiger partial charge in [-0.3, -0.25) is 4.79 Å². The molecule has 0 radical (unpaired) electrons. The number of rotatable bonds is 6. The molecule has 2 rings (SSSR count). The summed E-state index contributed by atoms with van der Waals surface area (Å²) < 4.78 is 5.83. The van der Waals surface area contributed by atoms with Crippen molar-refractivity contribution in [2.75, 3.05) is 0 Å². The van der Waals surface area contributed by atoms with Crippen LogP contribution in [0.2, 0.25) is 0 Å². The quantitative estimate of drug-likeness (QED) is 0.840. The number of hydrogen-bond acceptors (Lipinski definition) is 2. The van der Waals surface area contributed by atoms with Crippen molar-refractivity contribution in [3.05, 3.63) is 64.7 Å². The summed E-state index contributed by atoms with van der Waals surface area (Å²) in [6, 6.07) is 14.3. The lowest BCUT2D eigenvalue weighted by Gasteiger charge is -2.21. The van der Waals surface area contributed by atoms with Crippen molar-refractivity contribution in [1.82, 2.24) is 5.32 Å². The van der Waals surface area contributed by atoms with Gasteiger partial charge in [0.25, 0.3) is 5.91 Å². The average Bonchev–Trinajstić information content (AvgIpc) is 2.52. The van der Waals surface area contributed by atoms with E-state index in [0.717, 1.165) is 28.9 Å². The molecule has 128 valence electrons. The summed E-state index contributed by atoms with van der Waals surface area (Å²) in [6.07, 6.45) is 0.302. The Bertz CT molecular complexity index is 671. The Kier molecular flexibility index (Phi) is 6.02. The number of nitrogens with one attached hydrogen (secondary N) is 1. The van der Waals surface area contributed by atoms with Crippen LogP contribution in [-0.4, -0.2) is 12.0 Å². The van der Waals surface area contributed by atoms with Gasteiger partial charge in [0, 0.05) is 0 Å². The highest BCUT2D eigenvalue weighted by atomic mass is 16.5. The third kappa shape index (κ3) is 4.85. The van der Waals surface area contributed by atoms with E-state index in [0.29, 0.717) is 0 Å². The standard InChI is InChI=1S/C21H27NO2/c1-6-20(18-9-7-14(2)8-10-18)22-21(23)17(5)24-19-12-15(3)11-16(4)13-19/h7-13,17,20H,6H2,1-5H3,(H,22,23)/t17-,20-/m0/s1. The lowest BCUT2D eigenvalue weighted by molar-refractivity contribution is -0.128. The van der Waals surface area contributed by atoms with E-state index in [-0.39, 0.29) is 11.9 Å². The zero-order chi connectivity index (χ0) is 17.7. The molecule has 0 saturated heterocycles. The Morgan fingerprint density at radius 1 is 1.00 bits per heavy atom. The minimum Gasteiger partial charge on any atom is -0.481 e. The van der Waals surface area contributed by atoms with Gasteiger partial charge in [0.15, 0.2) is 6.10 Å². The maximum Gasteiger partial charge on any atom is 0.261 e. The first kappa shape index (κ1) is 18.1. The smallest absolute Gasteiger partial charge is 0.261 e. The van der Waals surface area contributed by atoms with E-state index in [2.05, 4.69) is 49.5 Å². The lowest BCUT2D eigenvalue weighted by Crippen LogP contribution is -2.38. The summed E-state index contributed by atoms with van der Waals surface area (Å²) in [5.74, 6) is 0.639. The van der Waals surface area contributed by atoms with Crippen LogP contribution in [-0.2, 0) is 4.79 Å². The van der Waals surface area contributed by atoms with Crippen molar-refractivity contribution < 1.29 is 9.53 Å². The molecular formula is C21H27NO2. The van der Waals surface area contributed by atoms with Gasteiger partial charge in [0.05, 0.1) is 6.04 Å². The molecule has 3 nitrogen and oxygen atoms in total. The summed E-state index contributed by atoms with van der Waals surface area (Å²) in [5.41, 5.74) is 4.59. The molecule has 2 atom stereocenters. The molecule has 0 unspecified atom stereocenters. The van der Waals surface area contributed by atoms with Gasteiger partial charge in [-0.1, -0.05) is 42.8 Å². The Hall–Kier alpha value is -2.29. The fraction of sp³-hybridized carbons (Fsp3) is 0.381. The van der Waals surface area contributed by atoms with Crippen molar-refractivity contribution in [2.24, 2.45) is 0 Å². The minimum absolute atomic E-state index is 0.00314. The summed E-state index contributed by atoms with van der Waals surface area (Å²) >= 11 is 0. The van der Waals surface area contributed by atoms with Gasteiger partial charge in [-0.05, 0) is 62.9 Å². The second kappa shape index (κ2) is 8.00. The van der Waals surface area contributed by atoms with Crippen LogP contribution < -0.4 is 10.1 Å². The molecule has 0 bridgehead atoms. The maximum atomic E-state index is 12.5. The molecule has 0 aliphatic heterocycles. The highest BCUT2D eigenvalue weighted by molar-refractivity contribution is 5.81. The molecule has 1 N–H and O–H groups in total. The predicted octanol–water partition coefficient (Wildman–Crippen LogP) is 4.65. The van der Waals surface area contributed by atoms with E-state index in [4.69, 9.17) is 4.74 Å². The fourth-order valence-corrected chi connectivity index (χ4v) is 2.77. The molecule has 2 aromatic carbocycles. The number of hydrogen-bond donors (Lipinski definition) is 1. The van der Waals surface area contributed by atoms with Gasteiger partial charge < -0.3 is 10.1 Å². The van der Waals surface area contributed by atoms with Gasteiger partial charge in [-0.25, -0.2) is 0 Å². The third-order valence-corrected chi connectivity index (χ3v) is 4.08. The molecule has 0 aliphatic carbocycles. The Labute approximate surface area is 145 Å². The molecule has 1 amide bonds. The van der Waals surface area contributed by atoms with Crippen LogP contribution in [0.25, 0.3) is 0 Å². The topological polar surface area (TPSA) is 38.3 Å². The normalized spacial score (nSPS) is 13.2. The van der Waals surface area contributed by atoms with Crippen molar-refractivity contribution in [1.29, 1.82) is 0 Å². The van der Waals surface area contributed by atoms with E-state index in [1.807, 2.05) is 26.0 Å². The van der Waals surface area contributed by atoms with E-state index >= 15 is 0 Å². The predicted molar refractivity (Wildman–Crippen MR) is 98.4 cm³/mol. The van der Waals surface area contributed by atoms with Crippen molar-refractivity contribution in [3.63, 3.8) is 0 Å². The number of carbonyl (C=O) groups is 1. The van der Waals surface area contributed by atoms with E-state index in [1.54, 1.807) is 6.92 Å². The van der Waals surface area contributed by atoms with Crippen LogP contribution in [0.15, 0.2) is 42.5 Å². The zero-order valence-corrected chi connectivity index (χ0v) is 15.2. The summed E-state index contributed by atoms with van der Waals surface area (Å²) in [6.45, 7) is 9.96. The first-order valence-electron chi connectivity index (χ1n) is 8.51. The number of benzene rings is 2. The number of carbonyl (C=O) groups excluding carboxylic acids is 1. The molecule has 0 fully saturated rings. The molecule has 0 heterocycles. The van der Waals surface area contributed by atoms with Crippen LogP contribution in [0.3, 0.4) is 0 Å². The zero-order valence-electron chi connectivity index (χ0n) is 15.2. The van der Waals surface area contributed by atoms with Gasteiger partial charge in [-0.15, -0.1) is 0 Å². The Morgan fingerprint density at radius 3 is 2.12 bits per heavy atom. The van der Waals surface area contributed by atoms with Crippen LogP contribution in [0, 0.1) is 20.8 Å². The molecule has 2 aromatic rings. The van der Waals surface area contributed by atoms with Crippen molar-refractivity contribution >= 4 is 5.91 Å². The summed E-state index contributed by atoms with van der Waals surface area (Å²) in [4.78, 5) is 12.5. The van der Waals surface area contributed by atoms with Crippen LogP contribution in [0.4, 0.5) is 0 Å². The van der Waals surface area contributed by atoms with Gasteiger partial charge in [0.2, 0.25) is 0 Å². The maximum absolute atomic E-state index is 12.5. The first-order chi connectivity index (χ1) is 11.4. The minimum atomic E-state index is -0.536. The average molecular weight is 325 g/mol. The molecule has 24 heavy (non-hydrogen) atoms.